The van der Waals surface area contributed by atoms with Gasteiger partial charge in [-0.1, -0.05) is 48.3 Å². The van der Waals surface area contributed by atoms with E-state index in [0.717, 1.165) is 29.7 Å². The van der Waals surface area contributed by atoms with Crippen LogP contribution in [0.1, 0.15) is 41.4 Å². The highest BCUT2D eigenvalue weighted by Gasteiger charge is 2.20. The third kappa shape index (κ3) is 3.15. The van der Waals surface area contributed by atoms with Crippen molar-refractivity contribution in [2.24, 2.45) is 0 Å². The first-order valence-corrected chi connectivity index (χ1v) is 8.22. The highest BCUT2D eigenvalue weighted by Crippen LogP contribution is 2.30. The van der Waals surface area contributed by atoms with Gasteiger partial charge in [-0.05, 0) is 26.3 Å². The van der Waals surface area contributed by atoms with Crippen LogP contribution >= 0.6 is 0 Å². The van der Waals surface area contributed by atoms with Crippen LogP contribution in [0.25, 0.3) is 22.4 Å². The number of carbonyl (C=O) groups excluding carboxylic acids is 1. The van der Waals surface area contributed by atoms with Crippen LogP contribution in [0.15, 0.2) is 34.9 Å². The number of fused-ring (bicyclic) bond motifs is 1. The number of hydrogen-bond donors (Lipinski definition) is 1. The van der Waals surface area contributed by atoms with E-state index >= 15 is 0 Å². The number of rotatable bonds is 5. The van der Waals surface area contributed by atoms with Crippen LogP contribution in [0.5, 0.6) is 0 Å². The Kier molecular flexibility index (Phi) is 4.60. The summed E-state index contributed by atoms with van der Waals surface area (Å²) in [7, 11) is 0. The molecule has 5 heteroatoms. The molecular weight excluding hydrogens is 302 g/mol. The van der Waals surface area contributed by atoms with Crippen LogP contribution < -0.4 is 5.32 Å². The molecule has 0 aliphatic heterocycles. The maximum atomic E-state index is 12.6. The van der Waals surface area contributed by atoms with E-state index in [4.69, 9.17) is 4.52 Å². The van der Waals surface area contributed by atoms with Crippen LogP contribution in [-0.4, -0.2) is 22.6 Å². The van der Waals surface area contributed by atoms with Gasteiger partial charge in [-0.25, -0.2) is 4.98 Å². The maximum Gasteiger partial charge on any atom is 0.259 e. The van der Waals surface area contributed by atoms with Crippen LogP contribution in [0.3, 0.4) is 0 Å². The lowest BCUT2D eigenvalue weighted by Crippen LogP contribution is -2.24. The Hall–Kier alpha value is -2.69. The lowest BCUT2D eigenvalue weighted by Gasteiger charge is -2.07. The summed E-state index contributed by atoms with van der Waals surface area (Å²) in [6.45, 7) is 6.62. The molecule has 2 aromatic heterocycles. The zero-order valence-corrected chi connectivity index (χ0v) is 14.2. The smallest absolute Gasteiger partial charge is 0.259 e. The van der Waals surface area contributed by atoms with Crippen molar-refractivity contribution < 1.29 is 9.32 Å². The highest BCUT2D eigenvalue weighted by molar-refractivity contribution is 6.09. The van der Waals surface area contributed by atoms with Gasteiger partial charge >= 0.3 is 0 Å². The second kappa shape index (κ2) is 6.83. The predicted octanol–water partition coefficient (Wildman–Crippen LogP) is 4.04. The Balaban J connectivity index is 2.09. The molecule has 0 spiro atoms. The van der Waals surface area contributed by atoms with Crippen molar-refractivity contribution in [1.82, 2.24) is 15.5 Å². The molecule has 1 N–H and O–H groups in total. The average Bonchev–Trinajstić information content (AvgIpc) is 2.98. The summed E-state index contributed by atoms with van der Waals surface area (Å²) >= 11 is 0. The fourth-order valence-electron chi connectivity index (χ4n) is 2.64. The zero-order valence-electron chi connectivity index (χ0n) is 14.2. The number of carbonyl (C=O) groups is 1. The molecule has 3 rings (SSSR count). The number of nitrogens with one attached hydrogen (secondary N) is 1. The summed E-state index contributed by atoms with van der Waals surface area (Å²) in [5.41, 5.74) is 4.41. The van der Waals surface area contributed by atoms with Gasteiger partial charge < -0.3 is 9.84 Å². The fraction of sp³-hybridized carbons (Fsp3) is 0.316. The van der Waals surface area contributed by atoms with E-state index in [1.165, 1.54) is 0 Å². The Morgan fingerprint density at radius 1 is 1.21 bits per heavy atom. The van der Waals surface area contributed by atoms with E-state index in [1.807, 2.05) is 38.1 Å². The summed E-state index contributed by atoms with van der Waals surface area (Å²) in [4.78, 5) is 17.0. The van der Waals surface area contributed by atoms with E-state index in [9.17, 15) is 4.79 Å². The van der Waals surface area contributed by atoms with Gasteiger partial charge in [-0.3, -0.25) is 4.79 Å². The molecule has 1 aromatic carbocycles. The van der Waals surface area contributed by atoms with Crippen molar-refractivity contribution >= 4 is 17.0 Å². The molecule has 0 saturated heterocycles. The van der Waals surface area contributed by atoms with Crippen LogP contribution in [0.2, 0.25) is 0 Å². The summed E-state index contributed by atoms with van der Waals surface area (Å²) in [5.74, 6) is -0.115. The Labute approximate surface area is 141 Å². The van der Waals surface area contributed by atoms with Crippen LogP contribution in [0.4, 0.5) is 0 Å². The molecule has 0 unspecified atom stereocenters. The zero-order chi connectivity index (χ0) is 17.1. The molecule has 1 amide bonds. The van der Waals surface area contributed by atoms with Crippen molar-refractivity contribution in [3.8, 4) is 11.3 Å². The Morgan fingerprint density at radius 3 is 2.67 bits per heavy atom. The molecule has 124 valence electrons. The van der Waals surface area contributed by atoms with Crippen molar-refractivity contribution in [3.63, 3.8) is 0 Å². The number of hydrogen-bond acceptors (Lipinski definition) is 4. The first-order chi connectivity index (χ1) is 11.6. The fourth-order valence-corrected chi connectivity index (χ4v) is 2.64. The number of amides is 1. The SMILES string of the molecule is CCCCNC(=O)c1cc(C)nc2onc(-c3ccc(C)cc3)c12. The van der Waals surface area contributed by atoms with E-state index in [0.29, 0.717) is 28.9 Å². The number of nitrogens with zero attached hydrogens (tertiary/aromatic N) is 2. The van der Waals surface area contributed by atoms with E-state index < -0.39 is 0 Å². The number of unbranched alkanes of at least 4 members (excludes halogenated alkanes) is 1. The quantitative estimate of drug-likeness (QED) is 0.720. The van der Waals surface area contributed by atoms with E-state index in [2.05, 4.69) is 22.4 Å². The van der Waals surface area contributed by atoms with Gasteiger partial charge in [0, 0.05) is 17.8 Å². The minimum atomic E-state index is -0.115. The van der Waals surface area contributed by atoms with Crippen molar-refractivity contribution in [3.05, 3.63) is 47.2 Å². The molecule has 0 radical (unpaired) electrons. The van der Waals surface area contributed by atoms with E-state index in [-0.39, 0.29) is 5.91 Å². The normalized spacial score (nSPS) is 11.0. The maximum absolute atomic E-state index is 12.6. The van der Waals surface area contributed by atoms with Gasteiger partial charge in [0.05, 0.1) is 10.9 Å². The molecule has 0 saturated carbocycles. The topological polar surface area (TPSA) is 68.0 Å². The molecule has 0 bridgehead atoms. The van der Waals surface area contributed by atoms with Gasteiger partial charge in [0.15, 0.2) is 0 Å². The van der Waals surface area contributed by atoms with Gasteiger partial charge in [-0.15, -0.1) is 0 Å². The summed E-state index contributed by atoms with van der Waals surface area (Å²) in [6, 6.07) is 9.77. The minimum absolute atomic E-state index is 0.115. The molecule has 0 aliphatic carbocycles. The number of pyridine rings is 1. The number of aromatic nitrogens is 2. The average molecular weight is 323 g/mol. The highest BCUT2D eigenvalue weighted by atomic mass is 16.5. The van der Waals surface area contributed by atoms with Gasteiger partial charge in [-0.2, -0.15) is 0 Å². The largest absolute Gasteiger partial charge is 0.352 e. The lowest BCUT2D eigenvalue weighted by molar-refractivity contribution is 0.0954. The Bertz CT molecular complexity index is 866. The van der Waals surface area contributed by atoms with Crippen molar-refractivity contribution in [1.29, 1.82) is 0 Å². The molecule has 3 aromatic rings. The molecule has 0 atom stereocenters. The third-order valence-electron chi connectivity index (χ3n) is 3.96. The minimum Gasteiger partial charge on any atom is -0.352 e. The second-order valence-electron chi connectivity index (χ2n) is 6.00. The van der Waals surface area contributed by atoms with Gasteiger partial charge in [0.2, 0.25) is 0 Å². The summed E-state index contributed by atoms with van der Waals surface area (Å²) in [5, 5.41) is 7.78. The summed E-state index contributed by atoms with van der Waals surface area (Å²) in [6.07, 6.45) is 1.99. The second-order valence-corrected chi connectivity index (χ2v) is 6.00. The number of aryl methyl sites for hydroxylation is 2. The number of benzene rings is 1. The van der Waals surface area contributed by atoms with Crippen LogP contribution in [-0.2, 0) is 0 Å². The first kappa shape index (κ1) is 16.2. The molecular formula is C19H21N3O2. The van der Waals surface area contributed by atoms with Gasteiger partial charge in [0.1, 0.15) is 5.69 Å². The summed E-state index contributed by atoms with van der Waals surface area (Å²) < 4.78 is 5.39. The first-order valence-electron chi connectivity index (χ1n) is 8.22. The van der Waals surface area contributed by atoms with E-state index in [1.54, 1.807) is 6.07 Å². The van der Waals surface area contributed by atoms with Gasteiger partial charge in [0.25, 0.3) is 11.6 Å². The third-order valence-corrected chi connectivity index (χ3v) is 3.96. The molecule has 24 heavy (non-hydrogen) atoms. The van der Waals surface area contributed by atoms with Crippen molar-refractivity contribution in [2.45, 2.75) is 33.6 Å². The van der Waals surface area contributed by atoms with Crippen molar-refractivity contribution in [2.75, 3.05) is 6.54 Å². The lowest BCUT2D eigenvalue weighted by atomic mass is 10.0. The molecule has 2 heterocycles. The molecule has 0 fully saturated rings. The standard InChI is InChI=1S/C19H21N3O2/c1-4-5-10-20-18(23)15-11-13(3)21-19-16(15)17(22-24-19)14-8-6-12(2)7-9-14/h6-9,11H,4-5,10H2,1-3H3,(H,20,23). The monoisotopic (exact) mass is 323 g/mol. The van der Waals surface area contributed by atoms with Crippen LogP contribution in [0, 0.1) is 13.8 Å². The molecule has 5 nitrogen and oxygen atoms in total. The predicted molar refractivity (Wildman–Crippen MR) is 94.0 cm³/mol. The Morgan fingerprint density at radius 2 is 1.96 bits per heavy atom. The molecule has 0 aliphatic rings.